The first-order chi connectivity index (χ1) is 14.1. The van der Waals surface area contributed by atoms with Gasteiger partial charge in [-0.1, -0.05) is 30.3 Å². The third-order valence-corrected chi connectivity index (χ3v) is 5.52. The van der Waals surface area contributed by atoms with Crippen molar-refractivity contribution in [1.29, 1.82) is 0 Å². The van der Waals surface area contributed by atoms with Crippen LogP contribution in [0, 0.1) is 0 Å². The molecular formula is C23H27N3O3. The van der Waals surface area contributed by atoms with Crippen LogP contribution in [0.5, 0.6) is 5.75 Å². The predicted molar refractivity (Wildman–Crippen MR) is 113 cm³/mol. The Kier molecular flexibility index (Phi) is 5.81. The highest BCUT2D eigenvalue weighted by Gasteiger charge is 2.31. The van der Waals surface area contributed by atoms with Crippen LogP contribution in [0.1, 0.15) is 31.7 Å². The van der Waals surface area contributed by atoms with Crippen LogP contribution >= 0.6 is 0 Å². The molecule has 2 aromatic carbocycles. The molecule has 1 saturated heterocycles. The van der Waals surface area contributed by atoms with E-state index in [-0.39, 0.29) is 18.2 Å². The average molecular weight is 393 g/mol. The molecule has 2 amide bonds. The third kappa shape index (κ3) is 4.43. The second-order valence-corrected chi connectivity index (χ2v) is 7.66. The summed E-state index contributed by atoms with van der Waals surface area (Å²) >= 11 is 0. The van der Waals surface area contributed by atoms with Crippen LogP contribution < -0.4 is 15.0 Å². The van der Waals surface area contributed by atoms with Gasteiger partial charge in [0.2, 0.25) is 5.91 Å². The zero-order valence-corrected chi connectivity index (χ0v) is 16.8. The van der Waals surface area contributed by atoms with Gasteiger partial charge in [0, 0.05) is 25.2 Å². The number of ether oxygens (including phenoxy) is 1. The van der Waals surface area contributed by atoms with Gasteiger partial charge in [0.1, 0.15) is 5.75 Å². The van der Waals surface area contributed by atoms with Crippen LogP contribution in [0.2, 0.25) is 0 Å². The highest BCUT2D eigenvalue weighted by Crippen LogP contribution is 2.33. The number of carbonyl (C=O) groups excluding carboxylic acids is 2. The molecule has 0 saturated carbocycles. The van der Waals surface area contributed by atoms with Crippen molar-refractivity contribution in [3.8, 4) is 5.75 Å². The number of hydrogen-bond donors (Lipinski definition) is 1. The lowest BCUT2D eigenvalue weighted by Crippen LogP contribution is -2.45. The fourth-order valence-electron chi connectivity index (χ4n) is 3.98. The molecule has 2 heterocycles. The van der Waals surface area contributed by atoms with Gasteiger partial charge in [-0.2, -0.15) is 0 Å². The van der Waals surface area contributed by atoms with Gasteiger partial charge < -0.3 is 15.0 Å². The molecule has 2 aromatic rings. The second kappa shape index (κ2) is 8.66. The van der Waals surface area contributed by atoms with Crippen molar-refractivity contribution >= 4 is 23.2 Å². The summed E-state index contributed by atoms with van der Waals surface area (Å²) in [5, 5.41) is 3.04. The number of benzene rings is 2. The third-order valence-electron chi connectivity index (χ3n) is 5.52. The quantitative estimate of drug-likeness (QED) is 0.817. The zero-order valence-electron chi connectivity index (χ0n) is 16.8. The molecule has 1 N–H and O–H groups in total. The molecule has 152 valence electrons. The van der Waals surface area contributed by atoms with Gasteiger partial charge >= 0.3 is 0 Å². The van der Waals surface area contributed by atoms with Gasteiger partial charge in [0.15, 0.2) is 6.10 Å². The number of anilines is 2. The summed E-state index contributed by atoms with van der Waals surface area (Å²) in [5.74, 6) is 0.463. The Labute approximate surface area is 171 Å². The van der Waals surface area contributed by atoms with E-state index in [1.54, 1.807) is 11.8 Å². The Morgan fingerprint density at radius 3 is 2.66 bits per heavy atom. The fraction of sp³-hybridized carbons (Fsp3) is 0.391. The number of rotatable bonds is 6. The van der Waals surface area contributed by atoms with Gasteiger partial charge in [-0.25, -0.2) is 0 Å². The van der Waals surface area contributed by atoms with E-state index in [9.17, 15) is 9.59 Å². The lowest BCUT2D eigenvalue weighted by Gasteiger charge is -2.32. The SMILES string of the molecule is CC1Oc2ccccc2N(CCC(=O)Nc2ccccc2CN2CCCC2)C1=O. The van der Waals surface area contributed by atoms with Gasteiger partial charge in [-0.15, -0.1) is 0 Å². The summed E-state index contributed by atoms with van der Waals surface area (Å²) in [5.41, 5.74) is 2.70. The minimum Gasteiger partial charge on any atom is -0.479 e. The number of nitrogens with zero attached hydrogens (tertiary/aromatic N) is 2. The van der Waals surface area contributed by atoms with E-state index >= 15 is 0 Å². The zero-order chi connectivity index (χ0) is 20.2. The average Bonchev–Trinajstić information content (AvgIpc) is 3.23. The molecular weight excluding hydrogens is 366 g/mol. The highest BCUT2D eigenvalue weighted by molar-refractivity contribution is 6.00. The smallest absolute Gasteiger partial charge is 0.267 e. The number of para-hydroxylation sites is 3. The summed E-state index contributed by atoms with van der Waals surface area (Å²) in [4.78, 5) is 29.3. The van der Waals surface area contributed by atoms with Crippen molar-refractivity contribution in [1.82, 2.24) is 4.90 Å². The molecule has 6 nitrogen and oxygen atoms in total. The summed E-state index contributed by atoms with van der Waals surface area (Å²) in [6, 6.07) is 15.4. The first-order valence-electron chi connectivity index (χ1n) is 10.3. The van der Waals surface area contributed by atoms with E-state index in [4.69, 9.17) is 4.74 Å². The minimum atomic E-state index is -0.547. The maximum absolute atomic E-state index is 12.7. The first-order valence-corrected chi connectivity index (χ1v) is 10.3. The van der Waals surface area contributed by atoms with Gasteiger partial charge in [-0.3, -0.25) is 14.5 Å². The predicted octanol–water partition coefficient (Wildman–Crippen LogP) is 3.43. The highest BCUT2D eigenvalue weighted by atomic mass is 16.5. The molecule has 0 spiro atoms. The molecule has 29 heavy (non-hydrogen) atoms. The number of hydrogen-bond acceptors (Lipinski definition) is 4. The monoisotopic (exact) mass is 393 g/mol. The Hall–Kier alpha value is -2.86. The Bertz CT molecular complexity index is 892. The van der Waals surface area contributed by atoms with Crippen LogP contribution in [-0.2, 0) is 16.1 Å². The minimum absolute atomic E-state index is 0.0942. The van der Waals surface area contributed by atoms with Gasteiger partial charge in [0.25, 0.3) is 5.91 Å². The van der Waals surface area contributed by atoms with E-state index in [0.29, 0.717) is 12.3 Å². The molecule has 2 aliphatic heterocycles. The van der Waals surface area contributed by atoms with E-state index in [1.807, 2.05) is 42.5 Å². The lowest BCUT2D eigenvalue weighted by molar-refractivity contribution is -0.125. The number of fused-ring (bicyclic) bond motifs is 1. The molecule has 6 heteroatoms. The summed E-state index contributed by atoms with van der Waals surface area (Å²) in [6.45, 7) is 5.13. The van der Waals surface area contributed by atoms with E-state index in [2.05, 4.69) is 16.3 Å². The largest absolute Gasteiger partial charge is 0.479 e. The number of nitrogens with one attached hydrogen (secondary N) is 1. The maximum atomic E-state index is 12.7. The van der Waals surface area contributed by atoms with Crippen molar-refractivity contribution < 1.29 is 14.3 Å². The van der Waals surface area contributed by atoms with Crippen LogP contribution in [0.3, 0.4) is 0 Å². The van der Waals surface area contributed by atoms with Crippen molar-refractivity contribution in [2.24, 2.45) is 0 Å². The Morgan fingerprint density at radius 2 is 1.83 bits per heavy atom. The molecule has 0 radical (unpaired) electrons. The normalized spacial score (nSPS) is 19.0. The standard InChI is InChI=1S/C23H27N3O3/c1-17-23(28)26(20-10-4-5-11-21(20)29-17)15-12-22(27)24-19-9-3-2-8-18(19)16-25-13-6-7-14-25/h2-5,8-11,17H,6-7,12-16H2,1H3,(H,24,27). The van der Waals surface area contributed by atoms with E-state index in [0.717, 1.165) is 36.6 Å². The first kappa shape index (κ1) is 19.5. The topological polar surface area (TPSA) is 61.9 Å². The molecule has 1 atom stereocenters. The van der Waals surface area contributed by atoms with Gasteiger partial charge in [0.05, 0.1) is 5.69 Å². The van der Waals surface area contributed by atoms with Crippen LogP contribution in [-0.4, -0.2) is 42.5 Å². The summed E-state index contributed by atoms with van der Waals surface area (Å²) in [7, 11) is 0. The molecule has 4 rings (SSSR count). The number of amides is 2. The second-order valence-electron chi connectivity index (χ2n) is 7.66. The Morgan fingerprint density at radius 1 is 1.10 bits per heavy atom. The summed E-state index contributed by atoms with van der Waals surface area (Å²) < 4.78 is 5.66. The van der Waals surface area contributed by atoms with Crippen molar-refractivity contribution in [3.05, 3.63) is 54.1 Å². The molecule has 0 aromatic heterocycles. The van der Waals surface area contributed by atoms with Crippen LogP contribution in [0.25, 0.3) is 0 Å². The van der Waals surface area contributed by atoms with E-state index < -0.39 is 6.10 Å². The lowest BCUT2D eigenvalue weighted by atomic mass is 10.1. The fourth-order valence-corrected chi connectivity index (χ4v) is 3.98. The molecule has 0 bridgehead atoms. The van der Waals surface area contributed by atoms with Crippen molar-refractivity contribution in [2.75, 3.05) is 29.9 Å². The van der Waals surface area contributed by atoms with Crippen molar-refractivity contribution in [3.63, 3.8) is 0 Å². The van der Waals surface area contributed by atoms with Crippen LogP contribution in [0.4, 0.5) is 11.4 Å². The molecule has 2 aliphatic rings. The maximum Gasteiger partial charge on any atom is 0.267 e. The number of carbonyl (C=O) groups is 2. The van der Waals surface area contributed by atoms with E-state index in [1.165, 1.54) is 12.8 Å². The number of likely N-dealkylation sites (tertiary alicyclic amines) is 1. The Balaban J connectivity index is 1.40. The van der Waals surface area contributed by atoms with Gasteiger partial charge in [-0.05, 0) is 56.6 Å². The molecule has 1 fully saturated rings. The molecule has 0 aliphatic carbocycles. The van der Waals surface area contributed by atoms with Crippen molar-refractivity contribution in [2.45, 2.75) is 38.8 Å². The molecule has 1 unspecified atom stereocenters. The summed E-state index contributed by atoms with van der Waals surface area (Å²) in [6.07, 6.45) is 2.16. The van der Waals surface area contributed by atoms with Crippen LogP contribution in [0.15, 0.2) is 48.5 Å².